The summed E-state index contributed by atoms with van der Waals surface area (Å²) >= 11 is 1.26. The van der Waals surface area contributed by atoms with E-state index in [9.17, 15) is 14.0 Å². The van der Waals surface area contributed by atoms with Gasteiger partial charge in [0.25, 0.3) is 0 Å². The summed E-state index contributed by atoms with van der Waals surface area (Å²) in [6.45, 7) is 6.21. The molecule has 0 saturated carbocycles. The molecule has 0 aliphatic heterocycles. The highest BCUT2D eigenvalue weighted by Crippen LogP contribution is 2.36. The van der Waals surface area contributed by atoms with Crippen LogP contribution in [0.3, 0.4) is 0 Å². The van der Waals surface area contributed by atoms with Crippen molar-refractivity contribution in [1.29, 1.82) is 0 Å². The molecule has 0 bridgehead atoms. The van der Waals surface area contributed by atoms with E-state index in [2.05, 4.69) is 19.2 Å². The van der Waals surface area contributed by atoms with Crippen molar-refractivity contribution in [2.45, 2.75) is 26.7 Å². The number of carbonyl (C=O) groups excluding carboxylic acids is 2. The van der Waals surface area contributed by atoms with Crippen molar-refractivity contribution in [2.24, 2.45) is 0 Å². The molecule has 1 amide bonds. The van der Waals surface area contributed by atoms with Gasteiger partial charge in [-0.2, -0.15) is 0 Å². The van der Waals surface area contributed by atoms with Gasteiger partial charge in [0.1, 0.15) is 16.4 Å². The SMILES string of the molecule is CCOC(=O)c1c(-c2ccc(C(C)C)cc2)csc1NC(=O)/C=C/c1cccc(F)c1. The van der Waals surface area contributed by atoms with Crippen LogP contribution < -0.4 is 5.32 Å². The van der Waals surface area contributed by atoms with Crippen LogP contribution in [-0.2, 0) is 9.53 Å². The summed E-state index contributed by atoms with van der Waals surface area (Å²) in [6.07, 6.45) is 2.82. The van der Waals surface area contributed by atoms with Gasteiger partial charge in [-0.15, -0.1) is 11.3 Å². The monoisotopic (exact) mass is 437 g/mol. The van der Waals surface area contributed by atoms with Gasteiger partial charge in [0.15, 0.2) is 0 Å². The predicted molar refractivity (Wildman–Crippen MR) is 124 cm³/mol. The molecule has 2 aromatic carbocycles. The standard InChI is InChI=1S/C25H24FNO3S/c1-4-30-25(29)23-21(19-11-9-18(10-12-19)16(2)3)15-31-24(23)27-22(28)13-8-17-6-5-7-20(26)14-17/h5-16H,4H2,1-3H3,(H,27,28)/b13-8+. The molecule has 0 aliphatic rings. The summed E-state index contributed by atoms with van der Waals surface area (Å²) in [4.78, 5) is 25.1. The van der Waals surface area contributed by atoms with E-state index in [1.165, 1.54) is 41.2 Å². The molecule has 0 aliphatic carbocycles. The van der Waals surface area contributed by atoms with E-state index in [1.54, 1.807) is 19.1 Å². The molecule has 3 rings (SSSR count). The molecule has 1 N–H and O–H groups in total. The minimum atomic E-state index is -0.490. The molecule has 0 fully saturated rings. The number of carbonyl (C=O) groups is 2. The largest absolute Gasteiger partial charge is 0.462 e. The topological polar surface area (TPSA) is 55.4 Å². The second-order valence-electron chi connectivity index (χ2n) is 7.23. The molecule has 0 saturated heterocycles. The number of hydrogen-bond acceptors (Lipinski definition) is 4. The molecule has 0 spiro atoms. The Labute approximate surface area is 185 Å². The minimum Gasteiger partial charge on any atom is -0.462 e. The first-order valence-electron chi connectivity index (χ1n) is 10.0. The van der Waals surface area contributed by atoms with Crippen molar-refractivity contribution in [3.63, 3.8) is 0 Å². The van der Waals surface area contributed by atoms with Gasteiger partial charge in [0.05, 0.1) is 6.61 Å². The molecule has 0 atom stereocenters. The maximum absolute atomic E-state index is 13.3. The number of hydrogen-bond donors (Lipinski definition) is 1. The van der Waals surface area contributed by atoms with Gasteiger partial charge in [-0.05, 0) is 47.7 Å². The summed E-state index contributed by atoms with van der Waals surface area (Å²) in [5.41, 5.74) is 3.69. The molecule has 4 nitrogen and oxygen atoms in total. The summed E-state index contributed by atoms with van der Waals surface area (Å²) in [6, 6.07) is 13.9. The van der Waals surface area contributed by atoms with Crippen LogP contribution >= 0.6 is 11.3 Å². The van der Waals surface area contributed by atoms with Gasteiger partial charge in [0.2, 0.25) is 5.91 Å². The third-order valence-electron chi connectivity index (χ3n) is 4.67. The molecule has 0 radical (unpaired) electrons. The van der Waals surface area contributed by atoms with E-state index in [4.69, 9.17) is 4.74 Å². The zero-order valence-corrected chi connectivity index (χ0v) is 18.5. The second-order valence-corrected chi connectivity index (χ2v) is 8.11. The highest BCUT2D eigenvalue weighted by Gasteiger charge is 2.22. The third-order valence-corrected chi connectivity index (χ3v) is 5.57. The Hall–Kier alpha value is -3.25. The number of esters is 1. The molecule has 1 aromatic heterocycles. The van der Waals surface area contributed by atoms with Crippen LogP contribution in [0.5, 0.6) is 0 Å². The number of amides is 1. The predicted octanol–water partition coefficient (Wildman–Crippen LogP) is 6.51. The lowest BCUT2D eigenvalue weighted by Crippen LogP contribution is -2.12. The van der Waals surface area contributed by atoms with Gasteiger partial charge in [0, 0.05) is 17.0 Å². The fraction of sp³-hybridized carbons (Fsp3) is 0.200. The molecule has 6 heteroatoms. The third kappa shape index (κ3) is 5.67. The smallest absolute Gasteiger partial charge is 0.341 e. The average Bonchev–Trinajstić information content (AvgIpc) is 3.16. The van der Waals surface area contributed by atoms with Crippen LogP contribution in [0, 0.1) is 5.82 Å². The molecular weight excluding hydrogens is 413 g/mol. The number of benzene rings is 2. The van der Waals surface area contributed by atoms with E-state index < -0.39 is 11.9 Å². The van der Waals surface area contributed by atoms with Crippen LogP contribution in [0.1, 0.15) is 48.2 Å². The minimum absolute atomic E-state index is 0.229. The van der Waals surface area contributed by atoms with Crippen molar-refractivity contribution in [2.75, 3.05) is 11.9 Å². The Morgan fingerprint density at radius 2 is 1.90 bits per heavy atom. The maximum atomic E-state index is 13.3. The molecular formula is C25H24FNO3S. The van der Waals surface area contributed by atoms with E-state index in [-0.39, 0.29) is 12.4 Å². The van der Waals surface area contributed by atoms with E-state index in [0.29, 0.717) is 27.6 Å². The van der Waals surface area contributed by atoms with Gasteiger partial charge < -0.3 is 10.1 Å². The Kier molecular flexibility index (Phi) is 7.36. The Morgan fingerprint density at radius 1 is 1.16 bits per heavy atom. The van der Waals surface area contributed by atoms with Crippen molar-refractivity contribution in [3.8, 4) is 11.1 Å². The molecule has 3 aromatic rings. The highest BCUT2D eigenvalue weighted by atomic mass is 32.1. The lowest BCUT2D eigenvalue weighted by molar-refractivity contribution is -0.111. The van der Waals surface area contributed by atoms with Crippen LogP contribution in [0.25, 0.3) is 17.2 Å². The number of nitrogens with one attached hydrogen (secondary N) is 1. The lowest BCUT2D eigenvalue weighted by Gasteiger charge is -2.09. The van der Waals surface area contributed by atoms with E-state index in [1.807, 2.05) is 29.6 Å². The summed E-state index contributed by atoms with van der Waals surface area (Å²) in [5, 5.41) is 5.00. The normalized spacial score (nSPS) is 11.1. The first kappa shape index (κ1) is 22.4. The van der Waals surface area contributed by atoms with E-state index >= 15 is 0 Å². The van der Waals surface area contributed by atoms with E-state index in [0.717, 1.165) is 5.56 Å². The van der Waals surface area contributed by atoms with Crippen LogP contribution in [-0.4, -0.2) is 18.5 Å². The van der Waals surface area contributed by atoms with Crippen molar-refractivity contribution < 1.29 is 18.7 Å². The van der Waals surface area contributed by atoms with Crippen molar-refractivity contribution in [1.82, 2.24) is 0 Å². The Bertz CT molecular complexity index is 1100. The fourth-order valence-corrected chi connectivity index (χ4v) is 4.01. The average molecular weight is 438 g/mol. The summed E-state index contributed by atoms with van der Waals surface area (Å²) in [5.74, 6) is -0.881. The van der Waals surface area contributed by atoms with Gasteiger partial charge >= 0.3 is 5.97 Å². The summed E-state index contributed by atoms with van der Waals surface area (Å²) < 4.78 is 18.5. The second kappa shape index (κ2) is 10.2. The fourth-order valence-electron chi connectivity index (χ4n) is 3.05. The quantitative estimate of drug-likeness (QED) is 0.339. The van der Waals surface area contributed by atoms with Crippen LogP contribution in [0.15, 0.2) is 60.0 Å². The number of halogens is 1. The molecule has 31 heavy (non-hydrogen) atoms. The van der Waals surface area contributed by atoms with Gasteiger partial charge in [-0.1, -0.05) is 50.2 Å². The molecule has 0 unspecified atom stereocenters. The number of thiophene rings is 1. The first-order valence-corrected chi connectivity index (χ1v) is 10.9. The van der Waals surface area contributed by atoms with Crippen LogP contribution in [0.4, 0.5) is 9.39 Å². The summed E-state index contributed by atoms with van der Waals surface area (Å²) in [7, 11) is 0. The Balaban J connectivity index is 1.87. The number of ether oxygens (including phenoxy) is 1. The zero-order chi connectivity index (χ0) is 22.4. The van der Waals surface area contributed by atoms with Crippen molar-refractivity contribution in [3.05, 3.63) is 82.5 Å². The van der Waals surface area contributed by atoms with Gasteiger partial charge in [-0.25, -0.2) is 9.18 Å². The number of rotatable bonds is 7. The number of anilines is 1. The highest BCUT2D eigenvalue weighted by molar-refractivity contribution is 7.15. The van der Waals surface area contributed by atoms with Gasteiger partial charge in [-0.3, -0.25) is 4.79 Å². The van der Waals surface area contributed by atoms with Crippen LogP contribution in [0.2, 0.25) is 0 Å². The zero-order valence-electron chi connectivity index (χ0n) is 17.6. The lowest BCUT2D eigenvalue weighted by atomic mass is 9.98. The Morgan fingerprint density at radius 3 is 2.55 bits per heavy atom. The maximum Gasteiger partial charge on any atom is 0.341 e. The van der Waals surface area contributed by atoms with Crippen molar-refractivity contribution >= 4 is 34.3 Å². The molecule has 160 valence electrons. The first-order chi connectivity index (χ1) is 14.9. The molecule has 1 heterocycles.